The summed E-state index contributed by atoms with van der Waals surface area (Å²) >= 11 is 6.26. The first-order valence-electron chi connectivity index (χ1n) is 5.95. The van der Waals surface area contributed by atoms with Crippen LogP contribution >= 0.6 is 11.6 Å². The summed E-state index contributed by atoms with van der Waals surface area (Å²) < 4.78 is 0. The molecule has 84 valence electrons. The van der Waals surface area contributed by atoms with E-state index in [1.807, 2.05) is 6.07 Å². The van der Waals surface area contributed by atoms with E-state index in [0.29, 0.717) is 5.92 Å². The number of hydrogen-bond acceptors (Lipinski definition) is 0. The minimum Gasteiger partial charge on any atom is -0.0840 e. The molecule has 0 bridgehead atoms. The van der Waals surface area contributed by atoms with Gasteiger partial charge in [0.05, 0.1) is 0 Å². The van der Waals surface area contributed by atoms with Gasteiger partial charge in [0.25, 0.3) is 0 Å². The molecule has 0 unspecified atom stereocenters. The van der Waals surface area contributed by atoms with E-state index in [4.69, 9.17) is 11.6 Å². The lowest BCUT2D eigenvalue weighted by atomic mass is 9.89. The molecule has 0 aliphatic rings. The highest BCUT2D eigenvalue weighted by molar-refractivity contribution is 6.31. The zero-order chi connectivity index (χ0) is 11.3. The molecule has 0 saturated carbocycles. The fourth-order valence-electron chi connectivity index (χ4n) is 2.13. The van der Waals surface area contributed by atoms with Crippen LogP contribution in [0.2, 0.25) is 5.02 Å². The SMILES string of the molecule is CCCC(CCC)c1cc(C)ccc1Cl. The molecule has 0 amide bonds. The average Bonchev–Trinajstić information content (AvgIpc) is 2.21. The number of aryl methyl sites for hydroxylation is 1. The van der Waals surface area contributed by atoms with E-state index in [0.717, 1.165) is 5.02 Å². The smallest absolute Gasteiger partial charge is 0.0441 e. The third-order valence-corrected chi connectivity index (χ3v) is 3.21. The summed E-state index contributed by atoms with van der Waals surface area (Å²) in [5, 5.41) is 0.938. The minimum absolute atomic E-state index is 0.646. The van der Waals surface area contributed by atoms with Crippen LogP contribution in [0.25, 0.3) is 0 Å². The van der Waals surface area contributed by atoms with Gasteiger partial charge < -0.3 is 0 Å². The van der Waals surface area contributed by atoms with Crippen LogP contribution < -0.4 is 0 Å². The maximum Gasteiger partial charge on any atom is 0.0441 e. The van der Waals surface area contributed by atoms with Crippen LogP contribution in [0.3, 0.4) is 0 Å². The van der Waals surface area contributed by atoms with Gasteiger partial charge in [-0.05, 0) is 37.3 Å². The Morgan fingerprint density at radius 1 is 1.13 bits per heavy atom. The predicted molar refractivity (Wildman–Crippen MR) is 68.7 cm³/mol. The number of halogens is 1. The van der Waals surface area contributed by atoms with Crippen LogP contribution in [0.5, 0.6) is 0 Å². The van der Waals surface area contributed by atoms with Crippen molar-refractivity contribution in [2.45, 2.75) is 52.4 Å². The molecular formula is C14H21Cl. The van der Waals surface area contributed by atoms with Crippen LogP contribution in [-0.2, 0) is 0 Å². The van der Waals surface area contributed by atoms with E-state index >= 15 is 0 Å². The van der Waals surface area contributed by atoms with Gasteiger partial charge >= 0.3 is 0 Å². The minimum atomic E-state index is 0.646. The molecular weight excluding hydrogens is 204 g/mol. The van der Waals surface area contributed by atoms with Crippen LogP contribution in [0.1, 0.15) is 56.6 Å². The summed E-state index contributed by atoms with van der Waals surface area (Å²) in [5.74, 6) is 0.646. The van der Waals surface area contributed by atoms with Gasteiger partial charge in [-0.15, -0.1) is 0 Å². The number of rotatable bonds is 5. The molecule has 15 heavy (non-hydrogen) atoms. The number of benzene rings is 1. The molecule has 0 saturated heterocycles. The van der Waals surface area contributed by atoms with E-state index in [2.05, 4.69) is 32.9 Å². The first kappa shape index (κ1) is 12.6. The number of hydrogen-bond donors (Lipinski definition) is 0. The molecule has 0 aromatic heterocycles. The fraction of sp³-hybridized carbons (Fsp3) is 0.571. The third-order valence-electron chi connectivity index (χ3n) is 2.87. The molecule has 0 radical (unpaired) electrons. The van der Waals surface area contributed by atoms with Crippen molar-refractivity contribution < 1.29 is 0 Å². The van der Waals surface area contributed by atoms with Crippen molar-refractivity contribution in [2.75, 3.05) is 0 Å². The summed E-state index contributed by atoms with van der Waals surface area (Å²) in [4.78, 5) is 0. The van der Waals surface area contributed by atoms with Gasteiger partial charge in [-0.3, -0.25) is 0 Å². The van der Waals surface area contributed by atoms with Crippen molar-refractivity contribution in [3.63, 3.8) is 0 Å². The monoisotopic (exact) mass is 224 g/mol. The van der Waals surface area contributed by atoms with E-state index in [-0.39, 0.29) is 0 Å². The first-order valence-corrected chi connectivity index (χ1v) is 6.32. The second kappa shape index (κ2) is 6.17. The summed E-state index contributed by atoms with van der Waals surface area (Å²) in [7, 11) is 0. The molecule has 1 heteroatoms. The second-order valence-corrected chi connectivity index (χ2v) is 4.71. The Balaban J connectivity index is 2.93. The van der Waals surface area contributed by atoms with Gasteiger partial charge in [-0.1, -0.05) is 56.0 Å². The Morgan fingerprint density at radius 3 is 2.27 bits per heavy atom. The van der Waals surface area contributed by atoms with Crippen LogP contribution in [-0.4, -0.2) is 0 Å². The van der Waals surface area contributed by atoms with Crippen molar-refractivity contribution in [3.8, 4) is 0 Å². The standard InChI is InChI=1S/C14H21Cl/c1-4-6-12(7-5-2)13-10-11(3)8-9-14(13)15/h8-10,12H,4-7H2,1-3H3. The van der Waals surface area contributed by atoms with E-state index < -0.39 is 0 Å². The maximum absolute atomic E-state index is 6.26. The molecule has 0 fully saturated rings. The van der Waals surface area contributed by atoms with Crippen LogP contribution in [0.4, 0.5) is 0 Å². The van der Waals surface area contributed by atoms with Gasteiger partial charge in [0.2, 0.25) is 0 Å². The van der Waals surface area contributed by atoms with Gasteiger partial charge in [-0.25, -0.2) is 0 Å². The normalized spacial score (nSPS) is 11.0. The molecule has 0 N–H and O–H groups in total. The van der Waals surface area contributed by atoms with Gasteiger partial charge in [-0.2, -0.15) is 0 Å². The highest BCUT2D eigenvalue weighted by Gasteiger charge is 2.13. The van der Waals surface area contributed by atoms with Gasteiger partial charge in [0, 0.05) is 5.02 Å². The topological polar surface area (TPSA) is 0 Å². The molecule has 0 aliphatic heterocycles. The fourth-order valence-corrected chi connectivity index (χ4v) is 2.40. The molecule has 1 aromatic carbocycles. The second-order valence-electron chi connectivity index (χ2n) is 4.30. The van der Waals surface area contributed by atoms with E-state index in [1.165, 1.54) is 36.8 Å². The predicted octanol–water partition coefficient (Wildman–Crippen LogP) is 5.33. The van der Waals surface area contributed by atoms with Crippen molar-refractivity contribution in [2.24, 2.45) is 0 Å². The molecule has 0 heterocycles. The third kappa shape index (κ3) is 3.53. The van der Waals surface area contributed by atoms with Crippen molar-refractivity contribution in [1.29, 1.82) is 0 Å². The van der Waals surface area contributed by atoms with Crippen LogP contribution in [0, 0.1) is 6.92 Å². The Bertz CT molecular complexity index is 298. The first-order chi connectivity index (χ1) is 7.19. The molecule has 0 nitrogen and oxygen atoms in total. The molecule has 1 aromatic rings. The Hall–Kier alpha value is -0.490. The van der Waals surface area contributed by atoms with Crippen LogP contribution in [0.15, 0.2) is 18.2 Å². The maximum atomic E-state index is 6.26. The van der Waals surface area contributed by atoms with Crippen molar-refractivity contribution in [1.82, 2.24) is 0 Å². The zero-order valence-corrected chi connectivity index (χ0v) is 10.8. The summed E-state index contributed by atoms with van der Waals surface area (Å²) in [6.07, 6.45) is 4.96. The van der Waals surface area contributed by atoms with Crippen molar-refractivity contribution >= 4 is 11.6 Å². The van der Waals surface area contributed by atoms with Crippen molar-refractivity contribution in [3.05, 3.63) is 34.3 Å². The van der Waals surface area contributed by atoms with Gasteiger partial charge in [0.15, 0.2) is 0 Å². The Morgan fingerprint density at radius 2 is 1.73 bits per heavy atom. The Kier molecular flexibility index (Phi) is 5.17. The Labute approximate surface area is 98.7 Å². The lowest BCUT2D eigenvalue weighted by molar-refractivity contribution is 0.561. The molecule has 1 rings (SSSR count). The van der Waals surface area contributed by atoms with Gasteiger partial charge in [0.1, 0.15) is 0 Å². The largest absolute Gasteiger partial charge is 0.0840 e. The summed E-state index contributed by atoms with van der Waals surface area (Å²) in [6, 6.07) is 6.36. The summed E-state index contributed by atoms with van der Waals surface area (Å²) in [6.45, 7) is 6.62. The molecule has 0 atom stereocenters. The quantitative estimate of drug-likeness (QED) is 0.634. The zero-order valence-electron chi connectivity index (χ0n) is 10.0. The molecule has 0 spiro atoms. The lowest BCUT2D eigenvalue weighted by Crippen LogP contribution is -1.99. The van der Waals surface area contributed by atoms with E-state index in [1.54, 1.807) is 0 Å². The lowest BCUT2D eigenvalue weighted by Gasteiger charge is -2.17. The van der Waals surface area contributed by atoms with E-state index in [9.17, 15) is 0 Å². The summed E-state index contributed by atoms with van der Waals surface area (Å²) in [5.41, 5.74) is 2.66. The average molecular weight is 225 g/mol. The highest BCUT2D eigenvalue weighted by atomic mass is 35.5. The highest BCUT2D eigenvalue weighted by Crippen LogP contribution is 2.32. The molecule has 0 aliphatic carbocycles.